The number of fused-ring (bicyclic) bond motifs is 2. The summed E-state index contributed by atoms with van der Waals surface area (Å²) in [6.07, 6.45) is 0.750. The molecule has 1 saturated heterocycles. The Morgan fingerprint density at radius 1 is 1.30 bits per heavy atom. The number of ether oxygens (including phenoxy) is 2. The first kappa shape index (κ1) is 15.3. The number of hydrogen-bond donors (Lipinski definition) is 2. The molecule has 126 valence electrons. The highest BCUT2D eigenvalue weighted by Crippen LogP contribution is 2.69. The van der Waals surface area contributed by atoms with Crippen LogP contribution in [0.2, 0.25) is 0 Å². The molecular formula is C17H22O6. The van der Waals surface area contributed by atoms with Gasteiger partial charge >= 0.3 is 5.97 Å². The van der Waals surface area contributed by atoms with E-state index in [1.165, 1.54) is 6.08 Å². The Morgan fingerprint density at radius 2 is 2.00 bits per heavy atom. The van der Waals surface area contributed by atoms with Crippen LogP contribution >= 0.6 is 0 Å². The summed E-state index contributed by atoms with van der Waals surface area (Å²) in [5, 5.41) is 21.2. The van der Waals surface area contributed by atoms with Crippen LogP contribution in [0, 0.1) is 16.7 Å². The van der Waals surface area contributed by atoms with Crippen LogP contribution in [-0.2, 0) is 19.1 Å². The number of rotatable bonds is 1. The van der Waals surface area contributed by atoms with Crippen LogP contribution < -0.4 is 0 Å². The van der Waals surface area contributed by atoms with Crippen LogP contribution in [0.3, 0.4) is 0 Å². The number of hydrogen-bond acceptors (Lipinski definition) is 6. The molecule has 0 bridgehead atoms. The van der Waals surface area contributed by atoms with Gasteiger partial charge in [0.1, 0.15) is 11.9 Å². The minimum atomic E-state index is -1.40. The lowest BCUT2D eigenvalue weighted by atomic mass is 9.46. The molecule has 7 atom stereocenters. The number of epoxide rings is 1. The zero-order valence-electron chi connectivity index (χ0n) is 13.5. The third-order valence-electron chi connectivity index (χ3n) is 6.80. The fourth-order valence-electron chi connectivity index (χ4n) is 5.58. The zero-order valence-corrected chi connectivity index (χ0v) is 13.5. The maximum Gasteiger partial charge on any atom is 0.333 e. The molecule has 2 aliphatic heterocycles. The predicted octanol–water partition coefficient (Wildman–Crippen LogP) is 0.702. The van der Waals surface area contributed by atoms with Crippen LogP contribution in [0.5, 0.6) is 0 Å². The first-order chi connectivity index (χ1) is 10.7. The number of esters is 1. The van der Waals surface area contributed by atoms with Gasteiger partial charge in [0.15, 0.2) is 5.60 Å². The SMILES string of the molecule is CC(=O)[C@@]1(C)CCC[C@]2(C)C3=CC(=O)O[C@H](O)[C@]34O[C@@H]4[C@@H](O)[C@@H]12. The van der Waals surface area contributed by atoms with Crippen molar-refractivity contribution in [3.63, 3.8) is 0 Å². The summed E-state index contributed by atoms with van der Waals surface area (Å²) in [5.41, 5.74) is -1.70. The summed E-state index contributed by atoms with van der Waals surface area (Å²) in [5.74, 6) is -0.898. The summed E-state index contributed by atoms with van der Waals surface area (Å²) in [7, 11) is 0. The second-order valence-corrected chi connectivity index (χ2v) is 7.89. The summed E-state index contributed by atoms with van der Waals surface area (Å²) >= 11 is 0. The molecular weight excluding hydrogens is 300 g/mol. The molecule has 2 heterocycles. The summed E-state index contributed by atoms with van der Waals surface area (Å²) < 4.78 is 10.6. The van der Waals surface area contributed by atoms with Gasteiger partial charge in [0.2, 0.25) is 6.29 Å². The molecule has 3 fully saturated rings. The molecule has 2 aliphatic carbocycles. The van der Waals surface area contributed by atoms with Gasteiger partial charge in [-0.2, -0.15) is 0 Å². The van der Waals surface area contributed by atoms with E-state index >= 15 is 0 Å². The Hall–Kier alpha value is -1.24. The van der Waals surface area contributed by atoms with Gasteiger partial charge in [0, 0.05) is 17.4 Å². The number of Topliss-reactive ketones (excluding diaryl/α,β-unsaturated/α-hetero) is 1. The summed E-state index contributed by atoms with van der Waals surface area (Å²) in [4.78, 5) is 24.2. The number of cyclic esters (lactones) is 1. The first-order valence-corrected chi connectivity index (χ1v) is 8.16. The number of aliphatic hydroxyl groups is 2. The van der Waals surface area contributed by atoms with Gasteiger partial charge in [0.25, 0.3) is 0 Å². The van der Waals surface area contributed by atoms with Gasteiger partial charge in [-0.15, -0.1) is 0 Å². The van der Waals surface area contributed by atoms with E-state index in [1.807, 2.05) is 13.8 Å². The van der Waals surface area contributed by atoms with Crippen molar-refractivity contribution in [1.82, 2.24) is 0 Å². The predicted molar refractivity (Wildman–Crippen MR) is 78.0 cm³/mol. The van der Waals surface area contributed by atoms with E-state index in [2.05, 4.69) is 0 Å². The molecule has 6 heteroatoms. The van der Waals surface area contributed by atoms with E-state index in [4.69, 9.17) is 9.47 Å². The van der Waals surface area contributed by atoms with Crippen molar-refractivity contribution in [2.24, 2.45) is 16.7 Å². The minimum absolute atomic E-state index is 0.0418. The fraction of sp³-hybridized carbons (Fsp3) is 0.765. The molecule has 0 unspecified atom stereocenters. The molecule has 0 aromatic heterocycles. The molecule has 0 amide bonds. The molecule has 23 heavy (non-hydrogen) atoms. The Balaban J connectivity index is 1.90. The third kappa shape index (κ3) is 1.59. The van der Waals surface area contributed by atoms with Gasteiger partial charge in [-0.1, -0.05) is 20.3 Å². The normalized spacial score (nSPS) is 54.1. The number of aliphatic hydroxyl groups excluding tert-OH is 2. The van der Waals surface area contributed by atoms with Gasteiger partial charge < -0.3 is 19.7 Å². The van der Waals surface area contributed by atoms with E-state index < -0.39 is 40.9 Å². The Bertz CT molecular complexity index is 641. The Labute approximate surface area is 134 Å². The van der Waals surface area contributed by atoms with Crippen LogP contribution in [-0.4, -0.2) is 46.1 Å². The number of carbonyl (C=O) groups excluding carboxylic acids is 2. The topological polar surface area (TPSA) is 96.4 Å². The van der Waals surface area contributed by atoms with Crippen molar-refractivity contribution in [2.75, 3.05) is 0 Å². The van der Waals surface area contributed by atoms with Crippen LogP contribution in [0.25, 0.3) is 0 Å². The summed E-state index contributed by atoms with van der Waals surface area (Å²) in [6.45, 7) is 5.43. The van der Waals surface area contributed by atoms with Crippen LogP contribution in [0.4, 0.5) is 0 Å². The third-order valence-corrected chi connectivity index (χ3v) is 6.80. The van der Waals surface area contributed by atoms with Crippen LogP contribution in [0.15, 0.2) is 11.6 Å². The highest BCUT2D eigenvalue weighted by molar-refractivity contribution is 5.86. The smallest absolute Gasteiger partial charge is 0.333 e. The fourth-order valence-corrected chi connectivity index (χ4v) is 5.58. The zero-order chi connectivity index (χ0) is 16.8. The van der Waals surface area contributed by atoms with Crippen molar-refractivity contribution in [3.05, 3.63) is 11.6 Å². The number of carbonyl (C=O) groups is 2. The van der Waals surface area contributed by atoms with E-state index in [0.29, 0.717) is 12.0 Å². The number of ketones is 1. The Kier molecular flexibility index (Phi) is 2.82. The largest absolute Gasteiger partial charge is 0.429 e. The molecule has 4 rings (SSSR count). The van der Waals surface area contributed by atoms with Gasteiger partial charge in [-0.3, -0.25) is 4.79 Å². The average molecular weight is 322 g/mol. The molecule has 0 radical (unpaired) electrons. The molecule has 4 aliphatic rings. The molecule has 2 N–H and O–H groups in total. The first-order valence-electron chi connectivity index (χ1n) is 8.16. The quantitative estimate of drug-likeness (QED) is 0.545. The van der Waals surface area contributed by atoms with E-state index in [0.717, 1.165) is 12.8 Å². The second kappa shape index (κ2) is 4.23. The lowest BCUT2D eigenvalue weighted by Gasteiger charge is -2.57. The lowest BCUT2D eigenvalue weighted by Crippen LogP contribution is -2.63. The molecule has 0 aromatic rings. The monoisotopic (exact) mass is 322 g/mol. The van der Waals surface area contributed by atoms with Gasteiger partial charge in [0.05, 0.1) is 6.10 Å². The maximum absolute atomic E-state index is 12.4. The van der Waals surface area contributed by atoms with Crippen molar-refractivity contribution >= 4 is 11.8 Å². The molecule has 0 aromatic carbocycles. The van der Waals surface area contributed by atoms with E-state index in [-0.39, 0.29) is 11.7 Å². The van der Waals surface area contributed by atoms with E-state index in [9.17, 15) is 19.8 Å². The highest BCUT2D eigenvalue weighted by atomic mass is 16.7. The van der Waals surface area contributed by atoms with Crippen molar-refractivity contribution < 1.29 is 29.3 Å². The van der Waals surface area contributed by atoms with Crippen molar-refractivity contribution in [1.29, 1.82) is 0 Å². The molecule has 2 saturated carbocycles. The Morgan fingerprint density at radius 3 is 2.65 bits per heavy atom. The van der Waals surface area contributed by atoms with Gasteiger partial charge in [-0.05, 0) is 30.8 Å². The van der Waals surface area contributed by atoms with Crippen LogP contribution in [0.1, 0.15) is 40.0 Å². The van der Waals surface area contributed by atoms with E-state index in [1.54, 1.807) is 6.92 Å². The van der Waals surface area contributed by atoms with Gasteiger partial charge in [-0.25, -0.2) is 4.79 Å². The molecule has 6 nitrogen and oxygen atoms in total. The molecule has 1 spiro atoms. The van der Waals surface area contributed by atoms with Crippen molar-refractivity contribution in [3.8, 4) is 0 Å². The van der Waals surface area contributed by atoms with Crippen molar-refractivity contribution in [2.45, 2.75) is 64.1 Å². The summed E-state index contributed by atoms with van der Waals surface area (Å²) in [6, 6.07) is 0. The maximum atomic E-state index is 12.4. The average Bonchev–Trinajstić information content (AvgIpc) is 3.19. The second-order valence-electron chi connectivity index (χ2n) is 7.89. The standard InChI is InChI=1S/C17H22O6/c1-8(18)15(2)5-4-6-16(3)9-7-10(19)22-14(21)17(9)13(23-17)11(20)12(15)16/h7,11-14,20-21H,4-6H2,1-3H3/t11-,12-,13+,14-,15+,16+,17-/m0/s1. The lowest BCUT2D eigenvalue weighted by molar-refractivity contribution is -0.182. The highest BCUT2D eigenvalue weighted by Gasteiger charge is 2.79. The minimum Gasteiger partial charge on any atom is -0.429 e.